The maximum atomic E-state index is 13.6. The highest BCUT2D eigenvalue weighted by atomic mass is 79.9. The first-order chi connectivity index (χ1) is 9.69. The van der Waals surface area contributed by atoms with Crippen LogP contribution >= 0.6 is 27.3 Å². The highest BCUT2D eigenvalue weighted by Crippen LogP contribution is 2.25. The summed E-state index contributed by atoms with van der Waals surface area (Å²) in [5, 5.41) is 5.62. The van der Waals surface area contributed by atoms with Crippen LogP contribution in [0.2, 0.25) is 0 Å². The summed E-state index contributed by atoms with van der Waals surface area (Å²) in [6.07, 6.45) is 3.08. The van der Waals surface area contributed by atoms with E-state index in [9.17, 15) is 4.39 Å². The Labute approximate surface area is 132 Å². The van der Waals surface area contributed by atoms with E-state index < -0.39 is 0 Å². The molecule has 2 aromatic rings. The minimum absolute atomic E-state index is 0.186. The number of halogens is 2. The summed E-state index contributed by atoms with van der Waals surface area (Å²) in [5.41, 5.74) is 1.02. The number of hydrogen-bond acceptors (Lipinski definition) is 2. The molecule has 0 fully saturated rings. The van der Waals surface area contributed by atoms with E-state index in [0.29, 0.717) is 0 Å². The molecule has 4 heteroatoms. The van der Waals surface area contributed by atoms with E-state index in [1.165, 1.54) is 10.9 Å². The van der Waals surface area contributed by atoms with Gasteiger partial charge in [0.05, 0.1) is 0 Å². The highest BCUT2D eigenvalue weighted by Gasteiger charge is 2.13. The first-order valence-electron chi connectivity index (χ1n) is 6.90. The molecule has 1 N–H and O–H groups in total. The zero-order valence-electron chi connectivity index (χ0n) is 11.5. The lowest BCUT2D eigenvalue weighted by Gasteiger charge is -2.19. The predicted octanol–water partition coefficient (Wildman–Crippen LogP) is 5.32. The van der Waals surface area contributed by atoms with E-state index in [2.05, 4.69) is 45.7 Å². The van der Waals surface area contributed by atoms with Gasteiger partial charge in [-0.3, -0.25) is 0 Å². The third-order valence-electron chi connectivity index (χ3n) is 3.19. The van der Waals surface area contributed by atoms with Crippen LogP contribution in [-0.4, -0.2) is 6.54 Å². The fourth-order valence-electron chi connectivity index (χ4n) is 2.22. The monoisotopic (exact) mass is 355 g/mol. The molecule has 0 amide bonds. The lowest BCUT2D eigenvalue weighted by atomic mass is 10.0. The Morgan fingerprint density at radius 3 is 2.85 bits per heavy atom. The second-order valence-electron chi connectivity index (χ2n) is 4.83. The van der Waals surface area contributed by atoms with Crippen LogP contribution in [0.4, 0.5) is 4.39 Å². The quantitative estimate of drug-likeness (QED) is 0.708. The molecule has 1 heterocycles. The van der Waals surface area contributed by atoms with E-state index in [-0.39, 0.29) is 11.9 Å². The first-order valence-corrected chi connectivity index (χ1v) is 8.58. The van der Waals surface area contributed by atoms with E-state index >= 15 is 0 Å². The summed E-state index contributed by atoms with van der Waals surface area (Å²) in [6, 6.07) is 9.57. The normalized spacial score (nSPS) is 12.6. The standard InChI is InChI=1S/C16H19BrFNS/c1-2-7-19-16(6-5-15-4-3-8-20-15)12-9-13(17)11-14(18)10-12/h3-4,8-11,16,19H,2,5-7H2,1H3. The number of hydrogen-bond donors (Lipinski definition) is 1. The Kier molecular flexibility index (Phi) is 6.20. The van der Waals surface area contributed by atoms with Gasteiger partial charge in [0.15, 0.2) is 0 Å². The fourth-order valence-corrected chi connectivity index (χ4v) is 3.43. The SMILES string of the molecule is CCCNC(CCc1cccs1)c1cc(F)cc(Br)c1. The van der Waals surface area contributed by atoms with E-state index in [0.717, 1.165) is 35.8 Å². The van der Waals surface area contributed by atoms with Gasteiger partial charge in [0, 0.05) is 15.4 Å². The zero-order valence-corrected chi connectivity index (χ0v) is 13.9. The van der Waals surface area contributed by atoms with Crippen LogP contribution in [0.15, 0.2) is 40.2 Å². The van der Waals surface area contributed by atoms with Crippen LogP contribution in [0.3, 0.4) is 0 Å². The molecule has 0 bridgehead atoms. The summed E-state index contributed by atoms with van der Waals surface area (Å²) in [7, 11) is 0. The van der Waals surface area contributed by atoms with Crippen molar-refractivity contribution in [1.29, 1.82) is 0 Å². The molecule has 0 spiro atoms. The molecule has 1 atom stereocenters. The van der Waals surface area contributed by atoms with Crippen molar-refractivity contribution in [3.63, 3.8) is 0 Å². The molecule has 1 nitrogen and oxygen atoms in total. The number of thiophene rings is 1. The van der Waals surface area contributed by atoms with Crippen LogP contribution in [0.1, 0.15) is 36.2 Å². The van der Waals surface area contributed by atoms with Gasteiger partial charge in [0.25, 0.3) is 0 Å². The smallest absolute Gasteiger partial charge is 0.124 e. The van der Waals surface area contributed by atoms with Gasteiger partial charge in [-0.25, -0.2) is 4.39 Å². The van der Waals surface area contributed by atoms with Crippen molar-refractivity contribution in [3.05, 3.63) is 56.4 Å². The first kappa shape index (κ1) is 15.7. The van der Waals surface area contributed by atoms with Crippen molar-refractivity contribution in [1.82, 2.24) is 5.32 Å². The van der Waals surface area contributed by atoms with Crippen molar-refractivity contribution in [2.45, 2.75) is 32.2 Å². The third kappa shape index (κ3) is 4.69. The average Bonchev–Trinajstić information content (AvgIpc) is 2.91. The van der Waals surface area contributed by atoms with Gasteiger partial charge in [-0.2, -0.15) is 0 Å². The van der Waals surface area contributed by atoms with Crippen LogP contribution < -0.4 is 5.32 Å². The molecule has 1 aromatic carbocycles. The average molecular weight is 356 g/mol. The molecular formula is C16H19BrFNS. The Morgan fingerprint density at radius 1 is 1.35 bits per heavy atom. The summed E-state index contributed by atoms with van der Waals surface area (Å²) in [4.78, 5) is 1.38. The number of aryl methyl sites for hydroxylation is 1. The van der Waals surface area contributed by atoms with Crippen molar-refractivity contribution in [3.8, 4) is 0 Å². The van der Waals surface area contributed by atoms with Gasteiger partial charge in [0.2, 0.25) is 0 Å². The Bertz CT molecular complexity index is 507. The Hall–Kier alpha value is -0.710. The third-order valence-corrected chi connectivity index (χ3v) is 4.58. The fraction of sp³-hybridized carbons (Fsp3) is 0.375. The lowest BCUT2D eigenvalue weighted by Crippen LogP contribution is -2.22. The van der Waals surface area contributed by atoms with E-state index in [1.54, 1.807) is 17.4 Å². The maximum absolute atomic E-state index is 13.6. The molecule has 0 aliphatic carbocycles. The Balaban J connectivity index is 2.09. The van der Waals surface area contributed by atoms with E-state index in [1.807, 2.05) is 6.07 Å². The minimum atomic E-state index is -0.186. The van der Waals surface area contributed by atoms with Crippen LogP contribution in [0.25, 0.3) is 0 Å². The van der Waals surface area contributed by atoms with Crippen LogP contribution in [0, 0.1) is 5.82 Å². The van der Waals surface area contributed by atoms with Gasteiger partial charge in [0.1, 0.15) is 5.82 Å². The number of nitrogens with one attached hydrogen (secondary N) is 1. The van der Waals surface area contributed by atoms with Crippen molar-refractivity contribution in [2.75, 3.05) is 6.54 Å². The molecule has 2 rings (SSSR count). The molecule has 1 unspecified atom stereocenters. The van der Waals surface area contributed by atoms with Gasteiger partial charge in [-0.15, -0.1) is 11.3 Å². The molecule has 1 aromatic heterocycles. The molecule has 0 aliphatic heterocycles. The highest BCUT2D eigenvalue weighted by molar-refractivity contribution is 9.10. The summed E-state index contributed by atoms with van der Waals surface area (Å²) in [5.74, 6) is -0.186. The number of rotatable bonds is 7. The zero-order chi connectivity index (χ0) is 14.4. The molecule has 108 valence electrons. The van der Waals surface area contributed by atoms with Gasteiger partial charge in [-0.1, -0.05) is 28.9 Å². The van der Waals surface area contributed by atoms with Crippen LogP contribution in [-0.2, 0) is 6.42 Å². The van der Waals surface area contributed by atoms with Crippen molar-refractivity contribution >= 4 is 27.3 Å². The van der Waals surface area contributed by atoms with Gasteiger partial charge in [-0.05, 0) is 61.0 Å². The summed E-state index contributed by atoms with van der Waals surface area (Å²) < 4.78 is 14.4. The molecule has 0 radical (unpaired) electrons. The van der Waals surface area contributed by atoms with Crippen molar-refractivity contribution < 1.29 is 4.39 Å². The molecule has 0 saturated heterocycles. The predicted molar refractivity (Wildman–Crippen MR) is 87.8 cm³/mol. The van der Waals surface area contributed by atoms with Crippen LogP contribution in [0.5, 0.6) is 0 Å². The molecule has 0 aliphatic rings. The largest absolute Gasteiger partial charge is 0.310 e. The molecular weight excluding hydrogens is 337 g/mol. The van der Waals surface area contributed by atoms with E-state index in [4.69, 9.17) is 0 Å². The Morgan fingerprint density at radius 2 is 2.20 bits per heavy atom. The van der Waals surface area contributed by atoms with Gasteiger partial charge >= 0.3 is 0 Å². The second-order valence-corrected chi connectivity index (χ2v) is 6.78. The van der Waals surface area contributed by atoms with Gasteiger partial charge < -0.3 is 5.32 Å². The molecule has 20 heavy (non-hydrogen) atoms. The van der Waals surface area contributed by atoms with Crippen molar-refractivity contribution in [2.24, 2.45) is 0 Å². The summed E-state index contributed by atoms with van der Waals surface area (Å²) in [6.45, 7) is 3.09. The number of benzene rings is 1. The lowest BCUT2D eigenvalue weighted by molar-refractivity contribution is 0.497. The summed E-state index contributed by atoms with van der Waals surface area (Å²) >= 11 is 5.15. The maximum Gasteiger partial charge on any atom is 0.124 e. The minimum Gasteiger partial charge on any atom is -0.310 e. The topological polar surface area (TPSA) is 12.0 Å². The second kappa shape index (κ2) is 7.91. The molecule has 0 saturated carbocycles.